The molecular weight excluding hydrogens is 294 g/mol. The molecule has 0 aliphatic carbocycles. The molecule has 6 nitrogen and oxygen atoms in total. The Bertz CT molecular complexity index is 695. The number of hydrogen-bond donors (Lipinski definition) is 1. The van der Waals surface area contributed by atoms with Crippen molar-refractivity contribution >= 4 is 21.7 Å². The minimum absolute atomic E-state index is 0.245. The van der Waals surface area contributed by atoms with Crippen molar-refractivity contribution < 1.29 is 23.1 Å². The van der Waals surface area contributed by atoms with Crippen LogP contribution in [0.4, 0.5) is 0 Å². The highest BCUT2D eigenvalue weighted by molar-refractivity contribution is 7.92. The fourth-order valence-corrected chi connectivity index (χ4v) is 2.95. The van der Waals surface area contributed by atoms with Crippen LogP contribution in [0, 0.1) is 0 Å². The van der Waals surface area contributed by atoms with Crippen LogP contribution in [0.5, 0.6) is 0 Å². The number of sulfone groups is 1. The number of nitrogens with zero attached hydrogens (tertiary/aromatic N) is 1. The minimum atomic E-state index is -3.44. The third-order valence-electron chi connectivity index (χ3n) is 3.80. The summed E-state index contributed by atoms with van der Waals surface area (Å²) in [4.78, 5) is 24.8. The van der Waals surface area contributed by atoms with Gasteiger partial charge in [0, 0.05) is 19.3 Å². The molecule has 1 amide bonds. The molecule has 1 aliphatic rings. The van der Waals surface area contributed by atoms with E-state index in [9.17, 15) is 18.0 Å². The molecule has 0 radical (unpaired) electrons. The van der Waals surface area contributed by atoms with Crippen LogP contribution in [-0.2, 0) is 27.6 Å². The Labute approximate surface area is 123 Å². The third-order valence-corrected chi connectivity index (χ3v) is 5.28. The highest BCUT2D eigenvalue weighted by Crippen LogP contribution is 2.23. The van der Waals surface area contributed by atoms with E-state index in [-0.39, 0.29) is 12.1 Å². The van der Waals surface area contributed by atoms with Crippen molar-refractivity contribution in [2.24, 2.45) is 0 Å². The molecule has 0 fully saturated rings. The number of fused-ring (bicyclic) bond motifs is 1. The molecule has 2 rings (SSSR count). The summed E-state index contributed by atoms with van der Waals surface area (Å²) in [5.41, 5.74) is 1.73. The fourth-order valence-electron chi connectivity index (χ4n) is 2.44. The molecule has 0 bridgehead atoms. The third kappa shape index (κ3) is 3.07. The number of carbonyl (C=O) groups is 2. The van der Waals surface area contributed by atoms with E-state index in [2.05, 4.69) is 0 Å². The van der Waals surface area contributed by atoms with Crippen molar-refractivity contribution in [3.8, 4) is 0 Å². The molecule has 1 N–H and O–H groups in total. The highest BCUT2D eigenvalue weighted by Gasteiger charge is 2.31. The van der Waals surface area contributed by atoms with Crippen molar-refractivity contribution in [1.29, 1.82) is 0 Å². The van der Waals surface area contributed by atoms with E-state index in [4.69, 9.17) is 5.11 Å². The summed E-state index contributed by atoms with van der Waals surface area (Å²) in [6.45, 7) is 1.95. The molecular formula is C14H17NO5S. The molecule has 7 heteroatoms. The first-order valence-electron chi connectivity index (χ1n) is 6.53. The number of benzene rings is 1. The first-order valence-corrected chi connectivity index (χ1v) is 8.49. The van der Waals surface area contributed by atoms with Crippen molar-refractivity contribution in [1.82, 2.24) is 4.90 Å². The number of hydrogen-bond acceptors (Lipinski definition) is 4. The maximum Gasteiger partial charge on any atom is 0.335 e. The molecule has 1 aromatic carbocycles. The van der Waals surface area contributed by atoms with Gasteiger partial charge in [0.2, 0.25) is 5.91 Å². The smallest absolute Gasteiger partial charge is 0.335 e. The van der Waals surface area contributed by atoms with Crippen LogP contribution < -0.4 is 0 Å². The number of carboxylic acids is 1. The molecule has 114 valence electrons. The summed E-state index contributed by atoms with van der Waals surface area (Å²) < 4.78 is 23.0. The first-order chi connectivity index (χ1) is 9.71. The van der Waals surface area contributed by atoms with Gasteiger partial charge >= 0.3 is 5.97 Å². The average molecular weight is 311 g/mol. The largest absolute Gasteiger partial charge is 0.478 e. The molecule has 0 saturated heterocycles. The van der Waals surface area contributed by atoms with Gasteiger partial charge in [-0.05, 0) is 30.5 Å². The summed E-state index contributed by atoms with van der Waals surface area (Å²) >= 11 is 0. The lowest BCUT2D eigenvalue weighted by Gasteiger charge is -2.31. The Balaban J connectivity index is 2.27. The SMILES string of the molecule is CC(C(=O)N1CCc2c(cccc2C(=O)O)C1)S(C)(=O)=O. The second-order valence-electron chi connectivity index (χ2n) is 5.23. The number of carbonyl (C=O) groups excluding carboxylic acids is 1. The first kappa shape index (κ1) is 15.5. The summed E-state index contributed by atoms with van der Waals surface area (Å²) in [5.74, 6) is -1.43. The Morgan fingerprint density at radius 1 is 1.33 bits per heavy atom. The van der Waals surface area contributed by atoms with Crippen LogP contribution in [0.15, 0.2) is 18.2 Å². The lowest BCUT2D eigenvalue weighted by atomic mass is 9.94. The molecule has 1 aliphatic heterocycles. The summed E-state index contributed by atoms with van der Waals surface area (Å²) in [7, 11) is -3.44. The number of carboxylic acid groups (broad SMARTS) is 1. The predicted octanol–water partition coefficient (Wildman–Crippen LogP) is 0.703. The summed E-state index contributed by atoms with van der Waals surface area (Å²) in [5, 5.41) is 8.07. The van der Waals surface area contributed by atoms with Crippen LogP contribution in [0.1, 0.15) is 28.4 Å². The topological polar surface area (TPSA) is 91.8 Å². The van der Waals surface area contributed by atoms with Crippen molar-refractivity contribution in [3.63, 3.8) is 0 Å². The summed E-state index contributed by atoms with van der Waals surface area (Å²) in [6.07, 6.45) is 1.45. The van der Waals surface area contributed by atoms with E-state index in [1.54, 1.807) is 12.1 Å². The molecule has 1 atom stereocenters. The van der Waals surface area contributed by atoms with E-state index in [1.165, 1.54) is 17.9 Å². The molecule has 1 aromatic rings. The standard InChI is InChI=1S/C14H17NO5S/c1-9(21(2,19)20)13(16)15-7-6-11-10(8-15)4-3-5-12(11)14(17)18/h3-5,9H,6-8H2,1-2H3,(H,17,18). The predicted molar refractivity (Wildman–Crippen MR) is 76.8 cm³/mol. The van der Waals surface area contributed by atoms with Gasteiger partial charge in [-0.1, -0.05) is 12.1 Å². The normalized spacial score (nSPS) is 16.2. The second kappa shape index (κ2) is 5.48. The van der Waals surface area contributed by atoms with E-state index in [1.807, 2.05) is 0 Å². The van der Waals surface area contributed by atoms with Gasteiger partial charge in [0.1, 0.15) is 5.25 Å². The summed E-state index contributed by atoms with van der Waals surface area (Å²) in [6, 6.07) is 4.94. The second-order valence-corrected chi connectivity index (χ2v) is 7.60. The van der Waals surface area contributed by atoms with Gasteiger partial charge in [-0.3, -0.25) is 4.79 Å². The Morgan fingerprint density at radius 2 is 2.00 bits per heavy atom. The van der Waals surface area contributed by atoms with E-state index < -0.39 is 27.0 Å². The van der Waals surface area contributed by atoms with E-state index >= 15 is 0 Å². The molecule has 0 saturated carbocycles. The molecule has 0 spiro atoms. The lowest BCUT2D eigenvalue weighted by Crippen LogP contribution is -2.44. The highest BCUT2D eigenvalue weighted by atomic mass is 32.2. The van der Waals surface area contributed by atoms with Gasteiger partial charge in [0.05, 0.1) is 5.56 Å². The van der Waals surface area contributed by atoms with Crippen LogP contribution in [-0.4, -0.2) is 48.4 Å². The maximum atomic E-state index is 12.2. The Morgan fingerprint density at radius 3 is 2.57 bits per heavy atom. The number of amides is 1. The Kier molecular flexibility index (Phi) is 4.04. The maximum absolute atomic E-state index is 12.2. The van der Waals surface area contributed by atoms with Gasteiger partial charge in [0.15, 0.2) is 9.84 Å². The zero-order chi connectivity index (χ0) is 15.8. The van der Waals surface area contributed by atoms with Crippen molar-refractivity contribution in [2.75, 3.05) is 12.8 Å². The van der Waals surface area contributed by atoms with Crippen LogP contribution in [0.3, 0.4) is 0 Å². The fraction of sp³-hybridized carbons (Fsp3) is 0.429. The van der Waals surface area contributed by atoms with Gasteiger partial charge in [0.25, 0.3) is 0 Å². The molecule has 1 unspecified atom stereocenters. The quantitative estimate of drug-likeness (QED) is 0.887. The molecule has 0 aromatic heterocycles. The van der Waals surface area contributed by atoms with E-state index in [0.717, 1.165) is 17.4 Å². The average Bonchev–Trinajstić information content (AvgIpc) is 2.43. The minimum Gasteiger partial charge on any atom is -0.478 e. The molecule has 1 heterocycles. The van der Waals surface area contributed by atoms with Crippen LogP contribution in [0.2, 0.25) is 0 Å². The zero-order valence-corrected chi connectivity index (χ0v) is 12.7. The Hall–Kier alpha value is -1.89. The van der Waals surface area contributed by atoms with E-state index in [0.29, 0.717) is 13.0 Å². The number of aromatic carboxylic acids is 1. The van der Waals surface area contributed by atoms with Crippen LogP contribution in [0.25, 0.3) is 0 Å². The van der Waals surface area contributed by atoms with Gasteiger partial charge < -0.3 is 10.0 Å². The van der Waals surface area contributed by atoms with Gasteiger partial charge in [-0.25, -0.2) is 13.2 Å². The molecule has 21 heavy (non-hydrogen) atoms. The monoisotopic (exact) mass is 311 g/mol. The lowest BCUT2D eigenvalue weighted by molar-refractivity contribution is -0.131. The van der Waals surface area contributed by atoms with Crippen molar-refractivity contribution in [2.45, 2.75) is 25.1 Å². The van der Waals surface area contributed by atoms with Gasteiger partial charge in [-0.15, -0.1) is 0 Å². The zero-order valence-electron chi connectivity index (χ0n) is 11.9. The van der Waals surface area contributed by atoms with Crippen molar-refractivity contribution in [3.05, 3.63) is 34.9 Å². The number of rotatable bonds is 3. The van der Waals surface area contributed by atoms with Gasteiger partial charge in [-0.2, -0.15) is 0 Å². The van der Waals surface area contributed by atoms with Crippen LogP contribution >= 0.6 is 0 Å².